The summed E-state index contributed by atoms with van der Waals surface area (Å²) in [5.41, 5.74) is 1.82. The van der Waals surface area contributed by atoms with Gasteiger partial charge in [-0.3, -0.25) is 14.7 Å². The zero-order valence-corrected chi connectivity index (χ0v) is 13.3. The topological polar surface area (TPSA) is 49.6 Å². The molecule has 1 amide bonds. The van der Waals surface area contributed by atoms with E-state index in [-0.39, 0.29) is 5.91 Å². The van der Waals surface area contributed by atoms with Gasteiger partial charge in [-0.2, -0.15) is 0 Å². The lowest BCUT2D eigenvalue weighted by atomic mass is 10.0. The summed E-state index contributed by atoms with van der Waals surface area (Å²) in [5, 5.41) is 0. The third kappa shape index (κ3) is 2.77. The predicted octanol–water partition coefficient (Wildman–Crippen LogP) is 2.19. The second-order valence-corrected chi connectivity index (χ2v) is 6.64. The van der Waals surface area contributed by atoms with Crippen molar-refractivity contribution in [1.82, 2.24) is 14.8 Å². The molecule has 0 saturated carbocycles. The number of aromatic nitrogens is 1. The van der Waals surface area contributed by atoms with Crippen LogP contribution in [0.4, 0.5) is 0 Å². The Morgan fingerprint density at radius 2 is 2.00 bits per heavy atom. The maximum Gasteiger partial charge on any atom is 0.257 e. The molecule has 0 bridgehead atoms. The molecule has 0 N–H and O–H groups in total. The summed E-state index contributed by atoms with van der Waals surface area (Å²) in [6.45, 7) is 6.56. The van der Waals surface area contributed by atoms with Crippen LogP contribution in [-0.2, 0) is 6.54 Å². The number of carbonyl (C=O) groups is 1. The van der Waals surface area contributed by atoms with Gasteiger partial charge in [0.15, 0.2) is 0 Å². The maximum atomic E-state index is 12.6. The number of nitrogens with zero attached hydrogens (tertiary/aromatic N) is 3. The van der Waals surface area contributed by atoms with Crippen LogP contribution < -0.4 is 0 Å². The number of hydrogen-bond acceptors (Lipinski definition) is 4. The first-order valence-electron chi connectivity index (χ1n) is 8.16. The van der Waals surface area contributed by atoms with Crippen LogP contribution in [0.3, 0.4) is 0 Å². The molecular formula is C18H21N3O2. The summed E-state index contributed by atoms with van der Waals surface area (Å²) in [7, 11) is 0. The number of furan rings is 1. The summed E-state index contributed by atoms with van der Waals surface area (Å²) in [5.74, 6) is 1.98. The standard InChI is InChI=1S/C18H21N3O2/c1-13-17(5-7-23-13)18(22)21-10-14-8-20(9-15(14)11-21)12-16-4-2-3-6-19-16/h2-7,14-15H,8-12H2,1H3. The van der Waals surface area contributed by atoms with Gasteiger partial charge in [-0.25, -0.2) is 0 Å². The molecule has 2 aromatic heterocycles. The van der Waals surface area contributed by atoms with E-state index in [1.807, 2.05) is 30.2 Å². The summed E-state index contributed by atoms with van der Waals surface area (Å²) in [6.07, 6.45) is 3.44. The number of pyridine rings is 1. The smallest absolute Gasteiger partial charge is 0.257 e. The van der Waals surface area contributed by atoms with Gasteiger partial charge < -0.3 is 9.32 Å². The van der Waals surface area contributed by atoms with Crippen molar-refractivity contribution in [1.29, 1.82) is 0 Å². The molecule has 2 aliphatic heterocycles. The summed E-state index contributed by atoms with van der Waals surface area (Å²) >= 11 is 0. The van der Waals surface area contributed by atoms with Crippen molar-refractivity contribution < 1.29 is 9.21 Å². The number of rotatable bonds is 3. The first-order chi connectivity index (χ1) is 11.2. The second kappa shape index (κ2) is 5.81. The lowest BCUT2D eigenvalue weighted by Crippen LogP contribution is -2.33. The number of amides is 1. The molecule has 120 valence electrons. The minimum Gasteiger partial charge on any atom is -0.469 e. The highest BCUT2D eigenvalue weighted by atomic mass is 16.3. The van der Waals surface area contributed by atoms with Crippen molar-refractivity contribution in [2.75, 3.05) is 26.2 Å². The number of carbonyl (C=O) groups excluding carboxylic acids is 1. The zero-order chi connectivity index (χ0) is 15.8. The Kier molecular flexibility index (Phi) is 3.65. The normalized spacial score (nSPS) is 24.1. The van der Waals surface area contributed by atoms with Crippen LogP contribution in [0.15, 0.2) is 41.1 Å². The molecule has 2 aromatic rings. The number of hydrogen-bond donors (Lipinski definition) is 0. The number of aryl methyl sites for hydroxylation is 1. The fourth-order valence-electron chi connectivity index (χ4n) is 3.88. The van der Waals surface area contributed by atoms with E-state index in [9.17, 15) is 4.79 Å². The molecule has 0 aliphatic carbocycles. The highest BCUT2D eigenvalue weighted by Crippen LogP contribution is 2.32. The third-order valence-electron chi connectivity index (χ3n) is 5.05. The summed E-state index contributed by atoms with van der Waals surface area (Å²) in [4.78, 5) is 21.4. The molecule has 0 radical (unpaired) electrons. The molecule has 23 heavy (non-hydrogen) atoms. The highest BCUT2D eigenvalue weighted by molar-refractivity contribution is 5.95. The monoisotopic (exact) mass is 311 g/mol. The first-order valence-corrected chi connectivity index (χ1v) is 8.16. The van der Waals surface area contributed by atoms with E-state index >= 15 is 0 Å². The van der Waals surface area contributed by atoms with Gasteiger partial charge in [-0.1, -0.05) is 6.07 Å². The SMILES string of the molecule is Cc1occc1C(=O)N1CC2CN(Cc3ccccn3)CC2C1. The predicted molar refractivity (Wildman–Crippen MR) is 85.8 cm³/mol. The molecule has 5 heteroatoms. The van der Waals surface area contributed by atoms with Gasteiger partial charge in [-0.05, 0) is 37.0 Å². The third-order valence-corrected chi connectivity index (χ3v) is 5.05. The Bertz CT molecular complexity index is 683. The molecule has 2 aliphatic rings. The Morgan fingerprint density at radius 1 is 1.22 bits per heavy atom. The molecule has 2 unspecified atom stereocenters. The lowest BCUT2D eigenvalue weighted by Gasteiger charge is -2.21. The van der Waals surface area contributed by atoms with E-state index in [0.29, 0.717) is 23.2 Å². The molecule has 0 aromatic carbocycles. The quantitative estimate of drug-likeness (QED) is 0.872. The minimum absolute atomic E-state index is 0.113. The molecule has 5 nitrogen and oxygen atoms in total. The molecule has 4 heterocycles. The van der Waals surface area contributed by atoms with Crippen molar-refractivity contribution in [3.63, 3.8) is 0 Å². The van der Waals surface area contributed by atoms with Crippen LogP contribution in [0.5, 0.6) is 0 Å². The van der Waals surface area contributed by atoms with Crippen molar-refractivity contribution in [3.8, 4) is 0 Å². The van der Waals surface area contributed by atoms with Crippen molar-refractivity contribution in [2.45, 2.75) is 13.5 Å². The van der Waals surface area contributed by atoms with E-state index in [2.05, 4.69) is 16.0 Å². The van der Waals surface area contributed by atoms with Gasteiger partial charge in [0.25, 0.3) is 5.91 Å². The van der Waals surface area contributed by atoms with E-state index in [0.717, 1.165) is 38.4 Å². The van der Waals surface area contributed by atoms with Crippen LogP contribution >= 0.6 is 0 Å². The van der Waals surface area contributed by atoms with E-state index < -0.39 is 0 Å². The van der Waals surface area contributed by atoms with Gasteiger partial charge >= 0.3 is 0 Å². The van der Waals surface area contributed by atoms with Gasteiger partial charge in [0.05, 0.1) is 17.5 Å². The second-order valence-electron chi connectivity index (χ2n) is 6.64. The highest BCUT2D eigenvalue weighted by Gasteiger charge is 2.41. The average Bonchev–Trinajstić information content (AvgIpc) is 3.22. The lowest BCUT2D eigenvalue weighted by molar-refractivity contribution is 0.0771. The maximum absolute atomic E-state index is 12.6. The molecule has 2 atom stereocenters. The van der Waals surface area contributed by atoms with Crippen molar-refractivity contribution in [2.24, 2.45) is 11.8 Å². The van der Waals surface area contributed by atoms with E-state index in [1.54, 1.807) is 12.3 Å². The summed E-state index contributed by atoms with van der Waals surface area (Å²) in [6, 6.07) is 7.83. The first kappa shape index (κ1) is 14.5. The van der Waals surface area contributed by atoms with Gasteiger partial charge in [0, 0.05) is 38.9 Å². The van der Waals surface area contributed by atoms with Crippen LogP contribution in [0.1, 0.15) is 21.8 Å². The van der Waals surface area contributed by atoms with E-state index in [1.165, 1.54) is 0 Å². The van der Waals surface area contributed by atoms with Crippen LogP contribution in [0.25, 0.3) is 0 Å². The Balaban J connectivity index is 1.37. The molecule has 2 fully saturated rings. The zero-order valence-electron chi connectivity index (χ0n) is 13.3. The van der Waals surface area contributed by atoms with Crippen LogP contribution in [0, 0.1) is 18.8 Å². The fourth-order valence-corrected chi connectivity index (χ4v) is 3.88. The minimum atomic E-state index is 0.113. The van der Waals surface area contributed by atoms with Crippen molar-refractivity contribution >= 4 is 5.91 Å². The molecule has 4 rings (SSSR count). The van der Waals surface area contributed by atoms with Crippen LogP contribution in [-0.4, -0.2) is 46.9 Å². The molecule has 2 saturated heterocycles. The van der Waals surface area contributed by atoms with Crippen LogP contribution in [0.2, 0.25) is 0 Å². The van der Waals surface area contributed by atoms with E-state index in [4.69, 9.17) is 4.42 Å². The summed E-state index contributed by atoms with van der Waals surface area (Å²) < 4.78 is 5.26. The molecule has 0 spiro atoms. The van der Waals surface area contributed by atoms with Gasteiger partial charge in [0.1, 0.15) is 5.76 Å². The van der Waals surface area contributed by atoms with Gasteiger partial charge in [-0.15, -0.1) is 0 Å². The van der Waals surface area contributed by atoms with Crippen molar-refractivity contribution in [3.05, 3.63) is 53.7 Å². The fraction of sp³-hybridized carbons (Fsp3) is 0.444. The number of fused-ring (bicyclic) bond motifs is 1. The Labute approximate surface area is 135 Å². The molecular weight excluding hydrogens is 290 g/mol. The Morgan fingerprint density at radius 3 is 2.61 bits per heavy atom. The average molecular weight is 311 g/mol. The Hall–Kier alpha value is -2.14. The number of likely N-dealkylation sites (tertiary alicyclic amines) is 2. The largest absolute Gasteiger partial charge is 0.469 e. The van der Waals surface area contributed by atoms with Gasteiger partial charge in [0.2, 0.25) is 0 Å².